The molecule has 1 N–H and O–H groups in total. The number of aryl methyl sites for hydroxylation is 1. The van der Waals surface area contributed by atoms with Gasteiger partial charge >= 0.3 is 0 Å². The number of methoxy groups -OCH3 is 2. The Morgan fingerprint density at radius 1 is 0.970 bits per heavy atom. The summed E-state index contributed by atoms with van der Waals surface area (Å²) in [6.07, 6.45) is 5.96. The molecule has 33 heavy (non-hydrogen) atoms. The normalized spacial score (nSPS) is 14.5. The number of rotatable bonds is 11. The molecule has 0 aliphatic heterocycles. The molecule has 178 valence electrons. The summed E-state index contributed by atoms with van der Waals surface area (Å²) in [5, 5.41) is 3.15. The number of carbonyl (C=O) groups excluding carboxylic acids is 2. The van der Waals surface area contributed by atoms with Crippen LogP contribution in [0.5, 0.6) is 11.5 Å². The summed E-state index contributed by atoms with van der Waals surface area (Å²) in [5.41, 5.74) is 2.14. The van der Waals surface area contributed by atoms with Crippen LogP contribution in [0.4, 0.5) is 0 Å². The van der Waals surface area contributed by atoms with E-state index in [1.165, 1.54) is 0 Å². The second kappa shape index (κ2) is 12.3. The maximum Gasteiger partial charge on any atom is 0.242 e. The molecule has 1 aliphatic rings. The number of carbonyl (C=O) groups is 2. The van der Waals surface area contributed by atoms with Gasteiger partial charge in [0.05, 0.1) is 14.2 Å². The lowest BCUT2D eigenvalue weighted by molar-refractivity contribution is -0.140. The molecule has 0 saturated heterocycles. The quantitative estimate of drug-likeness (QED) is 0.556. The van der Waals surface area contributed by atoms with Gasteiger partial charge < -0.3 is 19.7 Å². The van der Waals surface area contributed by atoms with E-state index < -0.39 is 6.04 Å². The molecule has 1 atom stereocenters. The fourth-order valence-corrected chi connectivity index (χ4v) is 4.39. The van der Waals surface area contributed by atoms with Crippen LogP contribution in [0.3, 0.4) is 0 Å². The Morgan fingerprint density at radius 3 is 2.33 bits per heavy atom. The van der Waals surface area contributed by atoms with Crippen LogP contribution in [0.2, 0.25) is 0 Å². The summed E-state index contributed by atoms with van der Waals surface area (Å²) >= 11 is 0. The number of ether oxygens (including phenoxy) is 2. The third-order valence-corrected chi connectivity index (χ3v) is 6.43. The first-order valence-electron chi connectivity index (χ1n) is 11.9. The van der Waals surface area contributed by atoms with Crippen LogP contribution in [-0.2, 0) is 22.4 Å². The third kappa shape index (κ3) is 6.98. The van der Waals surface area contributed by atoms with Crippen molar-refractivity contribution in [3.8, 4) is 11.5 Å². The van der Waals surface area contributed by atoms with Crippen LogP contribution < -0.4 is 14.8 Å². The first-order valence-corrected chi connectivity index (χ1v) is 11.9. The molecule has 0 heterocycles. The van der Waals surface area contributed by atoms with Crippen LogP contribution in [0.1, 0.15) is 50.2 Å². The lowest BCUT2D eigenvalue weighted by Crippen LogP contribution is -2.50. The standard InChI is InChI=1S/C27H36N2O4/c1-20(27(31)28-23-11-7-8-12-23)29(18-17-21-9-5-4-6-10-21)26(30)16-14-22-13-15-24(32-2)25(19-22)33-3/h4-6,9-10,13,15,19-20,23H,7-8,11-12,14,16-18H2,1-3H3,(H,28,31). The number of amides is 2. The minimum atomic E-state index is -0.507. The van der Waals surface area contributed by atoms with Crippen molar-refractivity contribution in [2.45, 2.75) is 64.0 Å². The van der Waals surface area contributed by atoms with Gasteiger partial charge in [-0.05, 0) is 55.9 Å². The van der Waals surface area contributed by atoms with Crippen molar-refractivity contribution in [3.05, 3.63) is 59.7 Å². The number of hydrogen-bond acceptors (Lipinski definition) is 4. The Hall–Kier alpha value is -3.02. The van der Waals surface area contributed by atoms with E-state index in [-0.39, 0.29) is 17.9 Å². The molecule has 0 radical (unpaired) electrons. The van der Waals surface area contributed by atoms with Crippen molar-refractivity contribution < 1.29 is 19.1 Å². The molecule has 6 nitrogen and oxygen atoms in total. The largest absolute Gasteiger partial charge is 0.493 e. The van der Waals surface area contributed by atoms with Gasteiger partial charge in [-0.25, -0.2) is 0 Å². The van der Waals surface area contributed by atoms with Crippen LogP contribution >= 0.6 is 0 Å². The minimum absolute atomic E-state index is 0.0187. The van der Waals surface area contributed by atoms with Gasteiger partial charge in [0.1, 0.15) is 6.04 Å². The monoisotopic (exact) mass is 452 g/mol. The van der Waals surface area contributed by atoms with Crippen molar-refractivity contribution in [2.24, 2.45) is 0 Å². The maximum absolute atomic E-state index is 13.3. The molecule has 1 aliphatic carbocycles. The first-order chi connectivity index (χ1) is 16.0. The SMILES string of the molecule is COc1ccc(CCC(=O)N(CCc2ccccc2)C(C)C(=O)NC2CCCC2)cc1OC. The Labute approximate surface area is 197 Å². The van der Waals surface area contributed by atoms with E-state index >= 15 is 0 Å². The summed E-state index contributed by atoms with van der Waals surface area (Å²) in [6.45, 7) is 2.34. The molecule has 0 bridgehead atoms. The summed E-state index contributed by atoms with van der Waals surface area (Å²) in [7, 11) is 3.20. The number of nitrogens with zero attached hydrogens (tertiary/aromatic N) is 1. The van der Waals surface area contributed by atoms with E-state index in [4.69, 9.17) is 9.47 Å². The van der Waals surface area contributed by atoms with Crippen LogP contribution in [-0.4, -0.2) is 49.6 Å². The average molecular weight is 453 g/mol. The lowest BCUT2D eigenvalue weighted by Gasteiger charge is -2.30. The number of nitrogens with one attached hydrogen (secondary N) is 1. The molecule has 0 aromatic heterocycles. The second-order valence-corrected chi connectivity index (χ2v) is 8.68. The molecule has 3 rings (SSSR count). The number of hydrogen-bond donors (Lipinski definition) is 1. The van der Waals surface area contributed by atoms with E-state index in [1.54, 1.807) is 19.1 Å². The second-order valence-electron chi connectivity index (χ2n) is 8.68. The van der Waals surface area contributed by atoms with Crippen LogP contribution in [0, 0.1) is 0 Å². The molecule has 0 spiro atoms. The van der Waals surface area contributed by atoms with E-state index in [0.717, 1.165) is 36.8 Å². The van der Waals surface area contributed by atoms with Crippen LogP contribution in [0.15, 0.2) is 48.5 Å². The van der Waals surface area contributed by atoms with Gasteiger partial charge in [0, 0.05) is 19.0 Å². The van der Waals surface area contributed by atoms with Gasteiger partial charge in [0.25, 0.3) is 0 Å². The molecular weight excluding hydrogens is 416 g/mol. The minimum Gasteiger partial charge on any atom is -0.493 e. The van der Waals surface area contributed by atoms with Gasteiger partial charge in [-0.15, -0.1) is 0 Å². The van der Waals surface area contributed by atoms with Gasteiger partial charge in [0.2, 0.25) is 11.8 Å². The molecular formula is C27H36N2O4. The molecule has 6 heteroatoms. The van der Waals surface area contributed by atoms with Crippen molar-refractivity contribution >= 4 is 11.8 Å². The Bertz CT molecular complexity index is 910. The van der Waals surface area contributed by atoms with Gasteiger partial charge in [0.15, 0.2) is 11.5 Å². The maximum atomic E-state index is 13.3. The highest BCUT2D eigenvalue weighted by Gasteiger charge is 2.28. The average Bonchev–Trinajstić information content (AvgIpc) is 3.36. The highest BCUT2D eigenvalue weighted by molar-refractivity contribution is 5.87. The third-order valence-electron chi connectivity index (χ3n) is 6.43. The fraction of sp³-hybridized carbons (Fsp3) is 0.481. The summed E-state index contributed by atoms with van der Waals surface area (Å²) in [5.74, 6) is 1.23. The highest BCUT2D eigenvalue weighted by atomic mass is 16.5. The molecule has 1 saturated carbocycles. The number of benzene rings is 2. The van der Waals surface area contributed by atoms with Crippen molar-refractivity contribution in [1.29, 1.82) is 0 Å². The predicted molar refractivity (Wildman–Crippen MR) is 130 cm³/mol. The van der Waals surface area contributed by atoms with Crippen LogP contribution in [0.25, 0.3) is 0 Å². The zero-order chi connectivity index (χ0) is 23.6. The highest BCUT2D eigenvalue weighted by Crippen LogP contribution is 2.28. The van der Waals surface area contributed by atoms with Crippen molar-refractivity contribution in [1.82, 2.24) is 10.2 Å². The Balaban J connectivity index is 1.67. The topological polar surface area (TPSA) is 67.9 Å². The summed E-state index contributed by atoms with van der Waals surface area (Å²) < 4.78 is 10.7. The lowest BCUT2D eigenvalue weighted by atomic mass is 10.1. The molecule has 1 unspecified atom stereocenters. The van der Waals surface area contributed by atoms with Gasteiger partial charge in [-0.3, -0.25) is 9.59 Å². The molecule has 2 aromatic rings. The zero-order valence-corrected chi connectivity index (χ0v) is 20.0. The van der Waals surface area contributed by atoms with E-state index in [0.29, 0.717) is 37.3 Å². The zero-order valence-electron chi connectivity index (χ0n) is 20.0. The molecule has 2 aromatic carbocycles. The van der Waals surface area contributed by atoms with Crippen molar-refractivity contribution in [2.75, 3.05) is 20.8 Å². The van der Waals surface area contributed by atoms with E-state index in [1.807, 2.05) is 43.3 Å². The fourth-order valence-electron chi connectivity index (χ4n) is 4.39. The summed E-state index contributed by atoms with van der Waals surface area (Å²) in [6, 6.07) is 15.5. The predicted octanol–water partition coefficient (Wildman–Crippen LogP) is 4.16. The summed E-state index contributed by atoms with van der Waals surface area (Å²) in [4.78, 5) is 28.0. The van der Waals surface area contributed by atoms with E-state index in [2.05, 4.69) is 17.4 Å². The van der Waals surface area contributed by atoms with E-state index in [9.17, 15) is 9.59 Å². The molecule has 2 amide bonds. The Morgan fingerprint density at radius 2 is 1.67 bits per heavy atom. The first kappa shape index (κ1) is 24.6. The molecule has 1 fully saturated rings. The van der Waals surface area contributed by atoms with Gasteiger partial charge in [-0.1, -0.05) is 49.2 Å². The smallest absolute Gasteiger partial charge is 0.242 e. The van der Waals surface area contributed by atoms with Gasteiger partial charge in [-0.2, -0.15) is 0 Å². The Kier molecular flexibility index (Phi) is 9.16. The van der Waals surface area contributed by atoms with Crippen molar-refractivity contribution in [3.63, 3.8) is 0 Å².